The van der Waals surface area contributed by atoms with E-state index in [-0.39, 0.29) is 12.4 Å². The Morgan fingerprint density at radius 2 is 1.66 bits per heavy atom. The number of benzene rings is 2. The molecule has 2 aromatic carbocycles. The van der Waals surface area contributed by atoms with E-state index in [9.17, 15) is 29.5 Å². The fourth-order valence-corrected chi connectivity index (χ4v) is 4.75. The lowest BCUT2D eigenvalue weighted by Gasteiger charge is -2.40. The van der Waals surface area contributed by atoms with Gasteiger partial charge in [-0.2, -0.15) is 0 Å². The van der Waals surface area contributed by atoms with E-state index in [0.29, 0.717) is 5.75 Å². The van der Waals surface area contributed by atoms with Gasteiger partial charge in [-0.15, -0.1) is 0 Å². The van der Waals surface area contributed by atoms with Gasteiger partial charge in [-0.1, -0.05) is 30.3 Å². The van der Waals surface area contributed by atoms with E-state index in [1.807, 2.05) is 6.07 Å². The predicted molar refractivity (Wildman–Crippen MR) is 132 cm³/mol. The lowest BCUT2D eigenvalue weighted by Crippen LogP contribution is -2.64. The second-order valence-electron chi connectivity index (χ2n) is 8.31. The third kappa shape index (κ3) is 8.50. The Balaban J connectivity index is 1.66. The maximum Gasteiger partial charge on any atom is 0.459 e. The molecule has 14 heteroatoms. The molecule has 1 aliphatic rings. The topological polar surface area (TPSA) is 182 Å². The summed E-state index contributed by atoms with van der Waals surface area (Å²) in [5.41, 5.74) is 0.757. The monoisotopic (exact) mass is 554 g/mol. The van der Waals surface area contributed by atoms with Crippen LogP contribution in [0.2, 0.25) is 0 Å². The molecule has 1 unspecified atom stereocenters. The minimum Gasteiger partial charge on any atom is -0.497 e. The highest BCUT2D eigenvalue weighted by atomic mass is 31.2. The second-order valence-corrected chi connectivity index (χ2v) is 10.1. The van der Waals surface area contributed by atoms with Crippen molar-refractivity contribution in [2.45, 2.75) is 44.2 Å². The van der Waals surface area contributed by atoms with Gasteiger partial charge < -0.3 is 39.4 Å². The van der Waals surface area contributed by atoms with Crippen LogP contribution in [0.1, 0.15) is 12.5 Å². The molecule has 6 atom stereocenters. The molecular formula is C24H31N2O11P. The van der Waals surface area contributed by atoms with Crippen molar-refractivity contribution in [1.82, 2.24) is 10.4 Å². The normalized spacial score (nSPS) is 24.6. The largest absolute Gasteiger partial charge is 0.497 e. The summed E-state index contributed by atoms with van der Waals surface area (Å²) in [5.74, 6) is -0.676. The van der Waals surface area contributed by atoms with Gasteiger partial charge in [0.05, 0.1) is 13.7 Å². The van der Waals surface area contributed by atoms with Gasteiger partial charge in [0.1, 0.15) is 49.0 Å². The number of aliphatic hydroxyl groups is 3. The number of carbonyl (C=O) groups excluding carboxylic acids is 2. The molecule has 1 aliphatic heterocycles. The maximum absolute atomic E-state index is 13.5. The summed E-state index contributed by atoms with van der Waals surface area (Å²) in [6, 6.07) is 13.7. The Morgan fingerprint density at radius 3 is 2.29 bits per heavy atom. The van der Waals surface area contributed by atoms with Crippen molar-refractivity contribution in [1.29, 1.82) is 0 Å². The molecule has 0 radical (unpaired) electrons. The van der Waals surface area contributed by atoms with Crippen molar-refractivity contribution >= 4 is 19.6 Å². The van der Waals surface area contributed by atoms with Gasteiger partial charge in [0.15, 0.2) is 6.29 Å². The SMILES string of the molecule is COc1ccc(OP(=O)(NCC(=O)OCc2ccccc2)OC[C@H]2O[C@H](O)[C@H](NC(C)=O)[C@@H](O)[C@@H]2O)cc1. The molecule has 0 bridgehead atoms. The summed E-state index contributed by atoms with van der Waals surface area (Å²) in [6.45, 7) is -0.00467. The molecular weight excluding hydrogens is 523 g/mol. The average Bonchev–Trinajstić information content (AvgIpc) is 2.91. The number of hydrogen-bond acceptors (Lipinski definition) is 11. The van der Waals surface area contributed by atoms with Crippen molar-refractivity contribution in [3.05, 3.63) is 60.2 Å². The number of carbonyl (C=O) groups is 2. The van der Waals surface area contributed by atoms with Gasteiger partial charge in [0.25, 0.3) is 0 Å². The van der Waals surface area contributed by atoms with Crippen LogP contribution in [0.15, 0.2) is 54.6 Å². The second kappa shape index (κ2) is 13.7. The summed E-state index contributed by atoms with van der Waals surface area (Å²) in [7, 11) is -2.83. The third-order valence-corrected chi connectivity index (χ3v) is 6.93. The van der Waals surface area contributed by atoms with Crippen molar-refractivity contribution in [2.24, 2.45) is 0 Å². The molecule has 0 saturated carbocycles. The highest BCUT2D eigenvalue weighted by Gasteiger charge is 2.45. The van der Waals surface area contributed by atoms with Crippen LogP contribution < -0.4 is 19.7 Å². The van der Waals surface area contributed by atoms with Crippen LogP contribution in [-0.2, 0) is 34.8 Å². The summed E-state index contributed by atoms with van der Waals surface area (Å²) < 4.78 is 40.0. The Hall–Kier alpha value is -3.03. The molecule has 13 nitrogen and oxygen atoms in total. The van der Waals surface area contributed by atoms with Gasteiger partial charge >= 0.3 is 13.7 Å². The van der Waals surface area contributed by atoms with E-state index < -0.39 is 63.4 Å². The fourth-order valence-electron chi connectivity index (χ4n) is 3.48. The van der Waals surface area contributed by atoms with Gasteiger partial charge in [-0.05, 0) is 29.8 Å². The van der Waals surface area contributed by atoms with E-state index in [4.69, 9.17) is 23.3 Å². The zero-order valence-corrected chi connectivity index (χ0v) is 21.7. The standard InChI is InChI=1S/C24H31N2O11P/c1-15(27)26-21-23(30)22(29)19(36-24(21)31)14-35-38(32,37-18-10-8-17(33-2)9-11-18)25-12-20(28)34-13-16-6-4-3-5-7-16/h3-11,19,21-24,29-31H,12-14H2,1-2H3,(H,25,32)(H,26,27)/t19-,21-,22-,23-,24+,38?/m1/s1. The molecule has 5 N–H and O–H groups in total. The van der Waals surface area contributed by atoms with Gasteiger partial charge in [-0.25, -0.2) is 9.65 Å². The smallest absolute Gasteiger partial charge is 0.459 e. The number of nitrogens with one attached hydrogen (secondary N) is 2. The highest BCUT2D eigenvalue weighted by molar-refractivity contribution is 7.52. The summed E-state index contributed by atoms with van der Waals surface area (Å²) in [5, 5.41) is 35.6. The molecule has 0 aliphatic carbocycles. The summed E-state index contributed by atoms with van der Waals surface area (Å²) in [6.07, 6.45) is -6.28. The first-order chi connectivity index (χ1) is 18.1. The minimum absolute atomic E-state index is 0.000796. The number of aliphatic hydroxyl groups excluding tert-OH is 3. The van der Waals surface area contributed by atoms with Crippen LogP contribution in [0.5, 0.6) is 11.5 Å². The van der Waals surface area contributed by atoms with Crippen molar-refractivity contribution in [3.63, 3.8) is 0 Å². The van der Waals surface area contributed by atoms with Crippen molar-refractivity contribution in [3.8, 4) is 11.5 Å². The lowest BCUT2D eigenvalue weighted by atomic mass is 9.97. The number of amides is 1. The molecule has 1 amide bonds. The van der Waals surface area contributed by atoms with Gasteiger partial charge in [-0.3, -0.25) is 14.1 Å². The summed E-state index contributed by atoms with van der Waals surface area (Å²) in [4.78, 5) is 23.6. The molecule has 0 aromatic heterocycles. The summed E-state index contributed by atoms with van der Waals surface area (Å²) >= 11 is 0. The van der Waals surface area contributed by atoms with Crippen LogP contribution in [0, 0.1) is 0 Å². The molecule has 1 fully saturated rings. The zero-order valence-electron chi connectivity index (χ0n) is 20.8. The van der Waals surface area contributed by atoms with E-state index in [1.54, 1.807) is 36.4 Å². The predicted octanol–water partition coefficient (Wildman–Crippen LogP) is 0.475. The first kappa shape index (κ1) is 29.5. The zero-order chi connectivity index (χ0) is 27.7. The van der Waals surface area contributed by atoms with Crippen LogP contribution in [0.4, 0.5) is 0 Å². The first-order valence-corrected chi connectivity index (χ1v) is 13.1. The van der Waals surface area contributed by atoms with Gasteiger partial charge in [0, 0.05) is 6.92 Å². The quantitative estimate of drug-likeness (QED) is 0.181. The molecule has 38 heavy (non-hydrogen) atoms. The van der Waals surface area contributed by atoms with Crippen LogP contribution in [0.25, 0.3) is 0 Å². The number of ether oxygens (including phenoxy) is 3. The number of methoxy groups -OCH3 is 1. The third-order valence-electron chi connectivity index (χ3n) is 5.44. The number of rotatable bonds is 12. The molecule has 208 valence electrons. The van der Waals surface area contributed by atoms with E-state index >= 15 is 0 Å². The Morgan fingerprint density at radius 1 is 1.00 bits per heavy atom. The van der Waals surface area contributed by atoms with Crippen LogP contribution in [-0.4, -0.2) is 78.1 Å². The van der Waals surface area contributed by atoms with E-state index in [2.05, 4.69) is 10.4 Å². The van der Waals surface area contributed by atoms with Crippen LogP contribution >= 0.6 is 7.75 Å². The maximum atomic E-state index is 13.5. The minimum atomic E-state index is -4.30. The lowest BCUT2D eigenvalue weighted by molar-refractivity contribution is -0.252. The molecule has 1 saturated heterocycles. The molecule has 0 spiro atoms. The average molecular weight is 554 g/mol. The molecule has 3 rings (SSSR count). The van der Waals surface area contributed by atoms with E-state index in [0.717, 1.165) is 5.56 Å². The number of hydrogen-bond donors (Lipinski definition) is 5. The van der Waals surface area contributed by atoms with Crippen LogP contribution in [0.3, 0.4) is 0 Å². The Bertz CT molecular complexity index is 1100. The first-order valence-electron chi connectivity index (χ1n) is 11.6. The van der Waals surface area contributed by atoms with Crippen molar-refractivity contribution in [2.75, 3.05) is 20.3 Å². The molecule has 2 aromatic rings. The highest BCUT2D eigenvalue weighted by Crippen LogP contribution is 2.45. The number of esters is 1. The fraction of sp³-hybridized carbons (Fsp3) is 0.417. The van der Waals surface area contributed by atoms with Crippen molar-refractivity contribution < 1.29 is 52.7 Å². The van der Waals surface area contributed by atoms with E-state index in [1.165, 1.54) is 26.2 Å². The molecule has 1 heterocycles. The van der Waals surface area contributed by atoms with Gasteiger partial charge in [0.2, 0.25) is 5.91 Å². The Kier molecular flexibility index (Phi) is 10.6. The Labute approximate surface area is 219 Å².